The lowest BCUT2D eigenvalue weighted by atomic mass is 10.3. The summed E-state index contributed by atoms with van der Waals surface area (Å²) in [6.07, 6.45) is 0.855. The van der Waals surface area contributed by atoms with E-state index in [-0.39, 0.29) is 12.1 Å². The summed E-state index contributed by atoms with van der Waals surface area (Å²) in [5.74, 6) is 1.10. The fourth-order valence-electron chi connectivity index (χ4n) is 1.63. The zero-order valence-electron chi connectivity index (χ0n) is 10.3. The molecule has 1 saturated heterocycles. The van der Waals surface area contributed by atoms with E-state index in [9.17, 15) is 0 Å². The van der Waals surface area contributed by atoms with Gasteiger partial charge in [-0.05, 0) is 19.9 Å². The van der Waals surface area contributed by atoms with E-state index in [0.717, 1.165) is 13.0 Å². The second-order valence-corrected chi connectivity index (χ2v) is 4.09. The molecule has 0 spiro atoms. The number of hydrogen-bond donors (Lipinski definition) is 1. The lowest BCUT2D eigenvalue weighted by Gasteiger charge is -2.19. The van der Waals surface area contributed by atoms with E-state index in [4.69, 9.17) is 13.9 Å². The highest BCUT2D eigenvalue weighted by Crippen LogP contribution is 2.21. The van der Waals surface area contributed by atoms with Gasteiger partial charge in [-0.3, -0.25) is 0 Å². The molecule has 0 aromatic carbocycles. The zero-order valence-corrected chi connectivity index (χ0v) is 10.3. The number of hydrogen-bond acceptors (Lipinski definition) is 6. The molecule has 0 bridgehead atoms. The van der Waals surface area contributed by atoms with Crippen LogP contribution in [0.3, 0.4) is 0 Å². The van der Waals surface area contributed by atoms with Crippen LogP contribution in [-0.2, 0) is 9.47 Å². The number of nitrogens with one attached hydrogen (secondary N) is 1. The maximum atomic E-state index is 5.59. The molecule has 0 saturated carbocycles. The molecule has 6 heteroatoms. The second-order valence-electron chi connectivity index (χ2n) is 4.09. The Labute approximate surface area is 101 Å². The van der Waals surface area contributed by atoms with Gasteiger partial charge in [-0.2, -0.15) is 0 Å². The Hall–Kier alpha value is -0.980. The van der Waals surface area contributed by atoms with Crippen molar-refractivity contribution in [2.24, 2.45) is 0 Å². The van der Waals surface area contributed by atoms with Crippen LogP contribution in [0.4, 0.5) is 0 Å². The Morgan fingerprint density at radius 2 is 2.29 bits per heavy atom. The Bertz CT molecular complexity index is 336. The predicted molar refractivity (Wildman–Crippen MR) is 60.5 cm³/mol. The van der Waals surface area contributed by atoms with Gasteiger partial charge in [0.15, 0.2) is 6.10 Å². The molecule has 0 aliphatic carbocycles. The first-order valence-corrected chi connectivity index (χ1v) is 6.07. The SMILES string of the molecule is CCCNC(C)c1nnc(C2COCCO2)o1. The van der Waals surface area contributed by atoms with Gasteiger partial charge in [-0.25, -0.2) is 0 Å². The van der Waals surface area contributed by atoms with Crippen molar-refractivity contribution in [1.29, 1.82) is 0 Å². The van der Waals surface area contributed by atoms with E-state index >= 15 is 0 Å². The number of aromatic nitrogens is 2. The monoisotopic (exact) mass is 241 g/mol. The van der Waals surface area contributed by atoms with Gasteiger partial charge in [0.05, 0.1) is 25.9 Å². The van der Waals surface area contributed by atoms with Crippen LogP contribution in [0.25, 0.3) is 0 Å². The van der Waals surface area contributed by atoms with Crippen molar-refractivity contribution in [1.82, 2.24) is 15.5 Å². The molecule has 2 heterocycles. The summed E-state index contributed by atoms with van der Waals surface area (Å²) in [5, 5.41) is 11.3. The first kappa shape index (κ1) is 12.5. The third kappa shape index (κ3) is 3.24. The van der Waals surface area contributed by atoms with Gasteiger partial charge in [0.2, 0.25) is 11.8 Å². The molecule has 1 fully saturated rings. The van der Waals surface area contributed by atoms with Gasteiger partial charge in [-0.15, -0.1) is 10.2 Å². The van der Waals surface area contributed by atoms with Crippen LogP contribution in [0.1, 0.15) is 44.2 Å². The Morgan fingerprint density at radius 1 is 1.41 bits per heavy atom. The van der Waals surface area contributed by atoms with Crippen LogP contribution in [0.15, 0.2) is 4.42 Å². The maximum absolute atomic E-state index is 5.59. The molecule has 1 aliphatic rings. The van der Waals surface area contributed by atoms with E-state index in [1.807, 2.05) is 6.92 Å². The quantitative estimate of drug-likeness (QED) is 0.835. The van der Waals surface area contributed by atoms with Crippen molar-refractivity contribution in [3.05, 3.63) is 11.8 Å². The first-order valence-electron chi connectivity index (χ1n) is 6.07. The highest BCUT2D eigenvalue weighted by molar-refractivity contribution is 4.91. The van der Waals surface area contributed by atoms with Crippen LogP contribution >= 0.6 is 0 Å². The van der Waals surface area contributed by atoms with Gasteiger partial charge in [0, 0.05) is 0 Å². The summed E-state index contributed by atoms with van der Waals surface area (Å²) in [5.41, 5.74) is 0. The molecule has 1 aromatic heterocycles. The highest BCUT2D eigenvalue weighted by atomic mass is 16.6. The molecule has 1 aromatic rings. The Balaban J connectivity index is 1.94. The van der Waals surface area contributed by atoms with Crippen LogP contribution < -0.4 is 5.32 Å². The standard InChI is InChI=1S/C11H19N3O3/c1-3-4-12-8(2)10-13-14-11(17-10)9-7-15-5-6-16-9/h8-9,12H,3-7H2,1-2H3. The van der Waals surface area contributed by atoms with E-state index in [2.05, 4.69) is 22.4 Å². The average molecular weight is 241 g/mol. The van der Waals surface area contributed by atoms with E-state index in [1.54, 1.807) is 0 Å². The zero-order chi connectivity index (χ0) is 12.1. The summed E-state index contributed by atoms with van der Waals surface area (Å²) >= 11 is 0. The molecule has 0 amide bonds. The van der Waals surface area contributed by atoms with Crippen molar-refractivity contribution in [3.63, 3.8) is 0 Å². The molecule has 1 aliphatic heterocycles. The first-order chi connectivity index (χ1) is 8.31. The van der Waals surface area contributed by atoms with Gasteiger partial charge in [0.25, 0.3) is 0 Å². The highest BCUT2D eigenvalue weighted by Gasteiger charge is 2.23. The van der Waals surface area contributed by atoms with Gasteiger partial charge in [-0.1, -0.05) is 6.92 Å². The van der Waals surface area contributed by atoms with Crippen LogP contribution in [-0.4, -0.2) is 36.6 Å². The smallest absolute Gasteiger partial charge is 0.247 e. The summed E-state index contributed by atoms with van der Waals surface area (Å²) < 4.78 is 16.4. The van der Waals surface area contributed by atoms with Crippen LogP contribution in [0.2, 0.25) is 0 Å². The second kappa shape index (κ2) is 6.09. The average Bonchev–Trinajstić information content (AvgIpc) is 2.86. The van der Waals surface area contributed by atoms with E-state index in [1.165, 1.54) is 0 Å². The molecular weight excluding hydrogens is 222 g/mol. The van der Waals surface area contributed by atoms with Crippen molar-refractivity contribution >= 4 is 0 Å². The largest absolute Gasteiger partial charge is 0.421 e. The summed E-state index contributed by atoms with van der Waals surface area (Å²) in [6.45, 7) is 6.75. The van der Waals surface area contributed by atoms with Gasteiger partial charge < -0.3 is 19.2 Å². The lowest BCUT2D eigenvalue weighted by molar-refractivity contribution is -0.0999. The number of rotatable bonds is 5. The minimum absolute atomic E-state index is 0.0701. The fraction of sp³-hybridized carbons (Fsp3) is 0.818. The van der Waals surface area contributed by atoms with Crippen LogP contribution in [0, 0.1) is 0 Å². The lowest BCUT2D eigenvalue weighted by Crippen LogP contribution is -2.22. The fourth-order valence-corrected chi connectivity index (χ4v) is 1.63. The maximum Gasteiger partial charge on any atom is 0.247 e. The molecule has 0 radical (unpaired) electrons. The Kier molecular flexibility index (Phi) is 4.47. The normalized spacial score (nSPS) is 22.6. The third-order valence-corrected chi connectivity index (χ3v) is 2.62. The summed E-state index contributed by atoms with van der Waals surface area (Å²) in [6, 6.07) is 0.0701. The third-order valence-electron chi connectivity index (χ3n) is 2.62. The number of nitrogens with zero attached hydrogens (tertiary/aromatic N) is 2. The van der Waals surface area contributed by atoms with Crippen molar-refractivity contribution in [2.75, 3.05) is 26.4 Å². The minimum Gasteiger partial charge on any atom is -0.421 e. The van der Waals surface area contributed by atoms with Crippen molar-refractivity contribution in [2.45, 2.75) is 32.4 Å². The van der Waals surface area contributed by atoms with Gasteiger partial charge >= 0.3 is 0 Å². The molecule has 6 nitrogen and oxygen atoms in total. The van der Waals surface area contributed by atoms with E-state index in [0.29, 0.717) is 31.6 Å². The van der Waals surface area contributed by atoms with Crippen LogP contribution in [0.5, 0.6) is 0 Å². The molecule has 1 N–H and O–H groups in total. The van der Waals surface area contributed by atoms with Gasteiger partial charge in [0.1, 0.15) is 0 Å². The number of ether oxygens (including phenoxy) is 2. The molecule has 96 valence electrons. The molecular formula is C11H19N3O3. The summed E-state index contributed by atoms with van der Waals surface area (Å²) in [4.78, 5) is 0. The van der Waals surface area contributed by atoms with Crippen molar-refractivity contribution in [3.8, 4) is 0 Å². The molecule has 2 unspecified atom stereocenters. The van der Waals surface area contributed by atoms with E-state index < -0.39 is 0 Å². The van der Waals surface area contributed by atoms with Crippen molar-refractivity contribution < 1.29 is 13.9 Å². The molecule has 2 atom stereocenters. The minimum atomic E-state index is -0.219. The predicted octanol–water partition coefficient (Wildman–Crippen LogP) is 1.22. The molecule has 17 heavy (non-hydrogen) atoms. The molecule has 2 rings (SSSR count). The summed E-state index contributed by atoms with van der Waals surface area (Å²) in [7, 11) is 0. The Morgan fingerprint density at radius 3 is 3.00 bits per heavy atom. The topological polar surface area (TPSA) is 69.4 Å².